The van der Waals surface area contributed by atoms with Crippen LogP contribution in [0.5, 0.6) is 5.75 Å². The largest absolute Gasteiger partial charge is 0.484 e. The van der Waals surface area contributed by atoms with Crippen LogP contribution in [0.4, 0.5) is 11.8 Å². The van der Waals surface area contributed by atoms with E-state index >= 15 is 0 Å². The summed E-state index contributed by atoms with van der Waals surface area (Å²) in [6.07, 6.45) is 0. The molecule has 2 aromatic rings. The number of hydrogen-bond acceptors (Lipinski definition) is 6. The Kier molecular flexibility index (Phi) is 7.00. The molecule has 0 spiro atoms. The quantitative estimate of drug-likeness (QED) is 0.605. The second-order valence-corrected chi connectivity index (χ2v) is 5.58. The number of aromatic nitrogens is 2. The Labute approximate surface area is 148 Å². The molecule has 0 saturated carbocycles. The lowest BCUT2D eigenvalue weighted by Gasteiger charge is -2.11. The number of benzene rings is 1. The maximum atomic E-state index is 11.8. The molecule has 2 rings (SSSR count). The van der Waals surface area contributed by atoms with Gasteiger partial charge in [0.25, 0.3) is 5.91 Å². The molecule has 0 unspecified atom stereocenters. The van der Waals surface area contributed by atoms with Crippen molar-refractivity contribution in [2.45, 2.75) is 20.8 Å². The van der Waals surface area contributed by atoms with Crippen molar-refractivity contribution in [1.29, 1.82) is 0 Å². The first-order valence-electron chi connectivity index (χ1n) is 8.37. The number of carbonyl (C=O) groups is 1. The third kappa shape index (κ3) is 6.29. The van der Waals surface area contributed by atoms with E-state index in [4.69, 9.17) is 4.74 Å². The number of anilines is 2. The number of nitrogens with zero attached hydrogens (tertiary/aromatic N) is 2. The molecule has 0 saturated heterocycles. The third-order valence-corrected chi connectivity index (χ3v) is 3.39. The molecule has 0 aliphatic heterocycles. The Bertz CT molecular complexity index is 706. The summed E-state index contributed by atoms with van der Waals surface area (Å²) in [7, 11) is 0. The zero-order valence-corrected chi connectivity index (χ0v) is 14.9. The predicted molar refractivity (Wildman–Crippen MR) is 99.1 cm³/mol. The Balaban J connectivity index is 1.70. The SMILES string of the molecule is CCNc1nc(C)cc(NCCNC(=O)COc2ccccc2C)n1. The number of ether oxygens (including phenoxy) is 1. The van der Waals surface area contributed by atoms with E-state index < -0.39 is 0 Å². The van der Waals surface area contributed by atoms with Gasteiger partial charge < -0.3 is 20.7 Å². The first-order chi connectivity index (χ1) is 12.1. The molecule has 0 atom stereocenters. The standard InChI is InChI=1S/C18H25N5O2/c1-4-19-18-22-14(3)11-16(23-18)20-9-10-21-17(24)12-25-15-8-6-5-7-13(15)2/h5-8,11H,4,9-10,12H2,1-3H3,(H,21,24)(H2,19,20,22,23). The van der Waals surface area contributed by atoms with Gasteiger partial charge in [0, 0.05) is 31.4 Å². The lowest BCUT2D eigenvalue weighted by atomic mass is 10.2. The van der Waals surface area contributed by atoms with Crippen molar-refractivity contribution in [3.8, 4) is 5.75 Å². The van der Waals surface area contributed by atoms with Crippen LogP contribution in [0.25, 0.3) is 0 Å². The number of para-hydroxylation sites is 1. The van der Waals surface area contributed by atoms with Gasteiger partial charge in [-0.2, -0.15) is 4.98 Å². The first kappa shape index (κ1) is 18.5. The maximum Gasteiger partial charge on any atom is 0.258 e. The Morgan fingerprint density at radius 3 is 2.68 bits per heavy atom. The van der Waals surface area contributed by atoms with Crippen molar-refractivity contribution in [2.24, 2.45) is 0 Å². The van der Waals surface area contributed by atoms with Gasteiger partial charge in [0.15, 0.2) is 6.61 Å². The van der Waals surface area contributed by atoms with Gasteiger partial charge in [-0.25, -0.2) is 4.98 Å². The topological polar surface area (TPSA) is 88.2 Å². The summed E-state index contributed by atoms with van der Waals surface area (Å²) in [6, 6.07) is 9.48. The number of hydrogen-bond donors (Lipinski definition) is 3. The van der Waals surface area contributed by atoms with Gasteiger partial charge in [-0.15, -0.1) is 0 Å². The van der Waals surface area contributed by atoms with Crippen LogP contribution in [0.1, 0.15) is 18.2 Å². The van der Waals surface area contributed by atoms with Crippen molar-refractivity contribution >= 4 is 17.7 Å². The molecule has 1 amide bonds. The maximum absolute atomic E-state index is 11.8. The number of rotatable bonds is 9. The summed E-state index contributed by atoms with van der Waals surface area (Å²) in [5.74, 6) is 1.90. The summed E-state index contributed by atoms with van der Waals surface area (Å²) in [6.45, 7) is 7.67. The number of aryl methyl sites for hydroxylation is 2. The van der Waals surface area contributed by atoms with Crippen molar-refractivity contribution < 1.29 is 9.53 Å². The highest BCUT2D eigenvalue weighted by Crippen LogP contribution is 2.15. The molecular weight excluding hydrogens is 318 g/mol. The summed E-state index contributed by atoms with van der Waals surface area (Å²) in [4.78, 5) is 20.5. The van der Waals surface area contributed by atoms with Crippen LogP contribution >= 0.6 is 0 Å². The van der Waals surface area contributed by atoms with E-state index in [1.165, 1.54) is 0 Å². The monoisotopic (exact) mass is 343 g/mol. The second-order valence-electron chi connectivity index (χ2n) is 5.58. The summed E-state index contributed by atoms with van der Waals surface area (Å²) >= 11 is 0. The molecule has 7 nitrogen and oxygen atoms in total. The number of carbonyl (C=O) groups excluding carboxylic acids is 1. The van der Waals surface area contributed by atoms with E-state index in [9.17, 15) is 4.79 Å². The van der Waals surface area contributed by atoms with E-state index in [2.05, 4.69) is 25.9 Å². The van der Waals surface area contributed by atoms with Crippen molar-refractivity contribution in [2.75, 3.05) is 36.9 Å². The summed E-state index contributed by atoms with van der Waals surface area (Å²) in [5, 5.41) is 9.07. The molecule has 1 heterocycles. The van der Waals surface area contributed by atoms with Crippen LogP contribution < -0.4 is 20.7 Å². The van der Waals surface area contributed by atoms with Crippen LogP contribution in [-0.4, -0.2) is 42.1 Å². The van der Waals surface area contributed by atoms with Gasteiger partial charge in [0.2, 0.25) is 5.95 Å². The normalized spacial score (nSPS) is 10.2. The van der Waals surface area contributed by atoms with Gasteiger partial charge in [-0.1, -0.05) is 18.2 Å². The average Bonchev–Trinajstić information content (AvgIpc) is 2.58. The summed E-state index contributed by atoms with van der Waals surface area (Å²) in [5.41, 5.74) is 1.89. The molecular formula is C18H25N5O2. The van der Waals surface area contributed by atoms with Gasteiger partial charge >= 0.3 is 0 Å². The fraction of sp³-hybridized carbons (Fsp3) is 0.389. The molecule has 1 aromatic carbocycles. The van der Waals surface area contributed by atoms with Gasteiger partial charge in [-0.05, 0) is 32.4 Å². The summed E-state index contributed by atoms with van der Waals surface area (Å²) < 4.78 is 5.51. The lowest BCUT2D eigenvalue weighted by Crippen LogP contribution is -2.32. The minimum absolute atomic E-state index is 0.00202. The zero-order chi connectivity index (χ0) is 18.1. The smallest absolute Gasteiger partial charge is 0.258 e. The van der Waals surface area contributed by atoms with Crippen molar-refractivity contribution in [3.05, 3.63) is 41.6 Å². The van der Waals surface area contributed by atoms with Crippen molar-refractivity contribution in [3.63, 3.8) is 0 Å². The van der Waals surface area contributed by atoms with E-state index in [0.29, 0.717) is 19.0 Å². The Hall–Kier alpha value is -2.83. The van der Waals surface area contributed by atoms with E-state index in [1.807, 2.05) is 51.1 Å². The molecule has 134 valence electrons. The highest BCUT2D eigenvalue weighted by atomic mass is 16.5. The van der Waals surface area contributed by atoms with Gasteiger partial charge in [0.05, 0.1) is 0 Å². The predicted octanol–water partition coefficient (Wildman–Crippen LogP) is 2.13. The average molecular weight is 343 g/mol. The van der Waals surface area contributed by atoms with Crippen LogP contribution in [0.15, 0.2) is 30.3 Å². The van der Waals surface area contributed by atoms with Gasteiger partial charge in [0.1, 0.15) is 11.6 Å². The molecule has 1 aromatic heterocycles. The molecule has 0 fully saturated rings. The second kappa shape index (κ2) is 9.46. The number of nitrogens with one attached hydrogen (secondary N) is 3. The molecule has 0 aliphatic carbocycles. The molecule has 3 N–H and O–H groups in total. The number of amides is 1. The Morgan fingerprint density at radius 2 is 1.92 bits per heavy atom. The van der Waals surface area contributed by atoms with Gasteiger partial charge in [-0.3, -0.25) is 4.79 Å². The van der Waals surface area contributed by atoms with E-state index in [1.54, 1.807) is 0 Å². The van der Waals surface area contributed by atoms with Crippen LogP contribution in [-0.2, 0) is 4.79 Å². The first-order valence-corrected chi connectivity index (χ1v) is 8.37. The highest BCUT2D eigenvalue weighted by Gasteiger charge is 2.05. The lowest BCUT2D eigenvalue weighted by molar-refractivity contribution is -0.123. The third-order valence-electron chi connectivity index (χ3n) is 3.39. The molecule has 25 heavy (non-hydrogen) atoms. The Morgan fingerprint density at radius 1 is 1.12 bits per heavy atom. The van der Waals surface area contributed by atoms with Crippen LogP contribution in [0, 0.1) is 13.8 Å². The molecule has 0 radical (unpaired) electrons. The van der Waals surface area contributed by atoms with E-state index in [-0.39, 0.29) is 12.5 Å². The molecule has 0 bridgehead atoms. The molecule has 7 heteroatoms. The zero-order valence-electron chi connectivity index (χ0n) is 14.9. The van der Waals surface area contributed by atoms with Crippen molar-refractivity contribution in [1.82, 2.24) is 15.3 Å². The fourth-order valence-electron chi connectivity index (χ4n) is 2.20. The minimum Gasteiger partial charge on any atom is -0.484 e. The minimum atomic E-state index is -0.155. The molecule has 0 aliphatic rings. The van der Waals surface area contributed by atoms with E-state index in [0.717, 1.165) is 29.4 Å². The van der Waals surface area contributed by atoms with Crippen LogP contribution in [0.3, 0.4) is 0 Å². The fourth-order valence-corrected chi connectivity index (χ4v) is 2.20. The highest BCUT2D eigenvalue weighted by molar-refractivity contribution is 5.77. The van der Waals surface area contributed by atoms with Crippen LogP contribution in [0.2, 0.25) is 0 Å².